The zero-order chi connectivity index (χ0) is 26.5. The predicted molar refractivity (Wildman–Crippen MR) is 123 cm³/mol. The number of carboxylic acids is 1. The lowest BCUT2D eigenvalue weighted by molar-refractivity contribution is -0.386. The first-order chi connectivity index (χ1) is 17.1. The fourth-order valence-electron chi connectivity index (χ4n) is 4.24. The number of ether oxygens (including phenoxy) is 2. The van der Waals surface area contributed by atoms with Crippen LogP contribution in [-0.4, -0.2) is 17.5 Å². The van der Waals surface area contributed by atoms with Gasteiger partial charge in [-0.25, -0.2) is 0 Å². The van der Waals surface area contributed by atoms with E-state index in [1.807, 2.05) is 12.1 Å². The highest BCUT2D eigenvalue weighted by Crippen LogP contribution is 2.47. The third-order valence-corrected chi connectivity index (χ3v) is 5.85. The van der Waals surface area contributed by atoms with Crippen LogP contribution in [-0.2, 0) is 10.2 Å². The molecule has 0 aliphatic rings. The number of para-hydroxylation sites is 1. The Morgan fingerprint density at radius 1 is 1.03 bits per heavy atom. The molecule has 0 fully saturated rings. The van der Waals surface area contributed by atoms with E-state index in [0.29, 0.717) is 11.5 Å². The Bertz CT molecular complexity index is 1290. The number of nitrogens with zero attached hydrogens (tertiary/aromatic N) is 2. The first kappa shape index (κ1) is 26.1. The van der Waals surface area contributed by atoms with Crippen LogP contribution in [0.25, 0.3) is 0 Å². The Morgan fingerprint density at radius 2 is 1.69 bits per heavy atom. The second-order valence-electron chi connectivity index (χ2n) is 8.18. The van der Waals surface area contributed by atoms with Crippen LogP contribution < -0.4 is 14.6 Å². The van der Waals surface area contributed by atoms with Crippen molar-refractivity contribution in [1.29, 1.82) is 5.26 Å². The molecular weight excluding hydrogens is 474 g/mol. The lowest BCUT2D eigenvalue weighted by Gasteiger charge is -2.42. The zero-order valence-electron chi connectivity index (χ0n) is 19.3. The number of hydrogen-bond acceptors (Lipinski definition) is 7. The maximum Gasteiger partial charge on any atom is 0.387 e. The second kappa shape index (κ2) is 10.8. The van der Waals surface area contributed by atoms with Gasteiger partial charge in [0.2, 0.25) is 5.75 Å². The number of benzene rings is 3. The number of nitro groups is 1. The molecule has 3 aromatic carbocycles. The van der Waals surface area contributed by atoms with Crippen LogP contribution in [0, 0.1) is 27.4 Å². The van der Waals surface area contributed by atoms with Crippen LogP contribution in [0.5, 0.6) is 17.2 Å². The van der Waals surface area contributed by atoms with E-state index in [0.717, 1.165) is 18.2 Å². The van der Waals surface area contributed by atoms with Crippen molar-refractivity contribution in [3.05, 3.63) is 94.0 Å². The number of halogens is 2. The van der Waals surface area contributed by atoms with E-state index in [4.69, 9.17) is 4.74 Å². The van der Waals surface area contributed by atoms with Gasteiger partial charge in [0.05, 0.1) is 28.3 Å². The zero-order valence-corrected chi connectivity index (χ0v) is 19.3. The number of nitro benzene ring substituents is 1. The van der Waals surface area contributed by atoms with Crippen molar-refractivity contribution < 1.29 is 33.1 Å². The fourth-order valence-corrected chi connectivity index (χ4v) is 4.24. The number of nitriles is 1. The Kier molecular flexibility index (Phi) is 7.84. The molecule has 0 N–H and O–H groups in total. The van der Waals surface area contributed by atoms with E-state index in [1.54, 1.807) is 36.4 Å². The number of aliphatic carboxylic acids is 1. The summed E-state index contributed by atoms with van der Waals surface area (Å²) in [4.78, 5) is 23.4. The maximum absolute atomic E-state index is 12.7. The largest absolute Gasteiger partial charge is 0.549 e. The van der Waals surface area contributed by atoms with Gasteiger partial charge in [0.1, 0.15) is 11.5 Å². The average molecular weight is 495 g/mol. The molecule has 0 heterocycles. The summed E-state index contributed by atoms with van der Waals surface area (Å²) in [5.74, 6) is -3.74. The van der Waals surface area contributed by atoms with E-state index < -0.39 is 46.2 Å². The predicted octanol–water partition coefficient (Wildman–Crippen LogP) is 4.94. The number of alkyl halides is 2. The molecule has 8 nitrogen and oxygen atoms in total. The molecule has 0 amide bonds. The Hall–Kier alpha value is -4.52. The standard InChI is InChI=1S/C26H22F2N2O6/c1-16(2)26(24(31)32,18-11-12-23(36-25(27)28)22(14-18)30(33)34)21(15-29)17-7-6-10-20(13-17)35-19-8-4-3-5-9-19/h3-14,16,21,25H,1-2H3,(H,31,32)/p-1. The van der Waals surface area contributed by atoms with Gasteiger partial charge < -0.3 is 19.4 Å². The number of rotatable bonds is 10. The van der Waals surface area contributed by atoms with Gasteiger partial charge in [0.15, 0.2) is 0 Å². The lowest BCUT2D eigenvalue weighted by atomic mass is 9.61. The molecule has 0 aromatic heterocycles. The van der Waals surface area contributed by atoms with Crippen molar-refractivity contribution in [2.75, 3.05) is 0 Å². The third-order valence-electron chi connectivity index (χ3n) is 5.85. The molecule has 2 atom stereocenters. The van der Waals surface area contributed by atoms with Crippen LogP contribution in [0.3, 0.4) is 0 Å². The summed E-state index contributed by atoms with van der Waals surface area (Å²) < 4.78 is 35.5. The monoisotopic (exact) mass is 495 g/mol. The lowest BCUT2D eigenvalue weighted by Crippen LogP contribution is -2.53. The van der Waals surface area contributed by atoms with E-state index in [2.05, 4.69) is 4.74 Å². The highest BCUT2D eigenvalue weighted by Gasteiger charge is 2.47. The number of carboxylic acid groups (broad SMARTS) is 1. The van der Waals surface area contributed by atoms with Gasteiger partial charge in [0, 0.05) is 6.07 Å². The molecular formula is C26H21F2N2O6-. The van der Waals surface area contributed by atoms with E-state index >= 15 is 0 Å². The Balaban J connectivity index is 2.18. The summed E-state index contributed by atoms with van der Waals surface area (Å²) in [7, 11) is 0. The van der Waals surface area contributed by atoms with Gasteiger partial charge in [0.25, 0.3) is 0 Å². The summed E-state index contributed by atoms with van der Waals surface area (Å²) in [6, 6.07) is 19.9. The first-order valence-corrected chi connectivity index (χ1v) is 10.8. The van der Waals surface area contributed by atoms with Gasteiger partial charge in [-0.15, -0.1) is 0 Å². The molecule has 36 heavy (non-hydrogen) atoms. The van der Waals surface area contributed by atoms with E-state index in [1.165, 1.54) is 26.0 Å². The molecule has 2 unspecified atom stereocenters. The van der Waals surface area contributed by atoms with Crippen LogP contribution in [0.2, 0.25) is 0 Å². The molecule has 3 aromatic rings. The quantitative estimate of drug-likeness (QED) is 0.288. The fraction of sp³-hybridized carbons (Fsp3) is 0.231. The molecule has 0 radical (unpaired) electrons. The van der Waals surface area contributed by atoms with Gasteiger partial charge in [-0.3, -0.25) is 10.1 Å². The molecule has 3 rings (SSSR count). The first-order valence-electron chi connectivity index (χ1n) is 10.8. The minimum Gasteiger partial charge on any atom is -0.549 e. The van der Waals surface area contributed by atoms with Gasteiger partial charge in [-0.05, 0) is 47.4 Å². The van der Waals surface area contributed by atoms with Gasteiger partial charge in [-0.2, -0.15) is 14.0 Å². The molecule has 186 valence electrons. The molecule has 0 bridgehead atoms. The second-order valence-corrected chi connectivity index (χ2v) is 8.18. The summed E-state index contributed by atoms with van der Waals surface area (Å²) in [5, 5.41) is 34.5. The van der Waals surface area contributed by atoms with Crippen molar-refractivity contribution in [3.63, 3.8) is 0 Å². The molecule has 0 saturated heterocycles. The summed E-state index contributed by atoms with van der Waals surface area (Å²) in [5.41, 5.74) is -2.85. The third kappa shape index (κ3) is 5.10. The van der Waals surface area contributed by atoms with E-state index in [-0.39, 0.29) is 11.1 Å². The van der Waals surface area contributed by atoms with Crippen LogP contribution in [0.4, 0.5) is 14.5 Å². The smallest absolute Gasteiger partial charge is 0.387 e. The van der Waals surface area contributed by atoms with Crippen LogP contribution in [0.15, 0.2) is 72.8 Å². The normalized spacial score (nSPS) is 13.5. The Morgan fingerprint density at radius 3 is 2.25 bits per heavy atom. The average Bonchev–Trinajstić information content (AvgIpc) is 2.82. The summed E-state index contributed by atoms with van der Waals surface area (Å²) in [6.07, 6.45) is 0. The highest BCUT2D eigenvalue weighted by atomic mass is 19.3. The summed E-state index contributed by atoms with van der Waals surface area (Å²) in [6.45, 7) is -0.274. The van der Waals surface area contributed by atoms with Gasteiger partial charge in [-0.1, -0.05) is 50.2 Å². The van der Waals surface area contributed by atoms with Crippen molar-refractivity contribution >= 4 is 11.7 Å². The minimum atomic E-state index is -3.33. The topological polar surface area (TPSA) is 126 Å². The maximum atomic E-state index is 12.7. The van der Waals surface area contributed by atoms with Crippen molar-refractivity contribution in [1.82, 2.24) is 0 Å². The van der Waals surface area contributed by atoms with Crippen molar-refractivity contribution in [2.45, 2.75) is 31.8 Å². The van der Waals surface area contributed by atoms with Gasteiger partial charge >= 0.3 is 12.3 Å². The number of carbonyl (C=O) groups excluding carboxylic acids is 1. The molecule has 10 heteroatoms. The highest BCUT2D eigenvalue weighted by molar-refractivity contribution is 5.83. The van der Waals surface area contributed by atoms with E-state index in [9.17, 15) is 34.1 Å². The van der Waals surface area contributed by atoms with Crippen LogP contribution in [0.1, 0.15) is 30.9 Å². The minimum absolute atomic E-state index is 0.160. The molecule has 0 aliphatic heterocycles. The number of carbonyl (C=O) groups is 1. The van der Waals surface area contributed by atoms with Crippen LogP contribution >= 0.6 is 0 Å². The summed E-state index contributed by atoms with van der Waals surface area (Å²) >= 11 is 0. The van der Waals surface area contributed by atoms with Crippen molar-refractivity contribution in [2.24, 2.45) is 5.92 Å². The van der Waals surface area contributed by atoms with Crippen molar-refractivity contribution in [3.8, 4) is 23.3 Å². The molecule has 0 saturated carbocycles. The molecule has 0 aliphatic carbocycles. The Labute approximate surface area is 205 Å². The SMILES string of the molecule is CC(C)C(C(=O)[O-])(c1ccc(OC(F)F)c([N+](=O)[O-])c1)C(C#N)c1cccc(Oc2ccccc2)c1. The number of hydrogen-bond donors (Lipinski definition) is 0. The molecule has 0 spiro atoms.